The Morgan fingerprint density at radius 3 is 2.71 bits per heavy atom. The molecule has 0 unspecified atom stereocenters. The molecule has 0 radical (unpaired) electrons. The molecular formula is C16H20Cl2N2O. The van der Waals surface area contributed by atoms with Crippen molar-refractivity contribution in [3.8, 4) is 0 Å². The van der Waals surface area contributed by atoms with Crippen molar-refractivity contribution in [3.63, 3.8) is 0 Å². The predicted octanol–water partition coefficient (Wildman–Crippen LogP) is 4.79. The van der Waals surface area contributed by atoms with E-state index in [-0.39, 0.29) is 0 Å². The molecule has 1 aromatic rings. The third-order valence-electron chi connectivity index (χ3n) is 3.17. The maximum atomic E-state index is 6.25. The molecule has 5 heteroatoms. The fourth-order valence-electron chi connectivity index (χ4n) is 1.99. The Balaban J connectivity index is 1.88. The van der Waals surface area contributed by atoms with Crippen LogP contribution in [0.2, 0.25) is 5.02 Å². The summed E-state index contributed by atoms with van der Waals surface area (Å²) in [6, 6.07) is 7.76. The zero-order chi connectivity index (χ0) is 15.1. The Morgan fingerprint density at radius 1 is 1.19 bits per heavy atom. The predicted molar refractivity (Wildman–Crippen MR) is 87.6 cm³/mol. The lowest BCUT2D eigenvalue weighted by molar-refractivity contribution is 0.199. The highest BCUT2D eigenvalue weighted by molar-refractivity contribution is 6.32. The maximum Gasteiger partial charge on any atom is 0.156 e. The fraction of sp³-hybridized carbons (Fsp3) is 0.375. The highest BCUT2D eigenvalue weighted by atomic mass is 35.5. The van der Waals surface area contributed by atoms with E-state index in [4.69, 9.17) is 27.9 Å². The minimum Gasteiger partial charge on any atom is -0.490 e. The monoisotopic (exact) mass is 326 g/mol. The summed E-state index contributed by atoms with van der Waals surface area (Å²) in [7, 11) is 0. The van der Waals surface area contributed by atoms with Gasteiger partial charge in [-0.25, -0.2) is 0 Å². The molecule has 0 aliphatic carbocycles. The molecule has 3 nitrogen and oxygen atoms in total. The molecule has 1 heterocycles. The number of allylic oxidation sites excluding steroid dienone is 1. The van der Waals surface area contributed by atoms with Crippen molar-refractivity contribution in [3.05, 3.63) is 58.0 Å². The van der Waals surface area contributed by atoms with Crippen molar-refractivity contribution in [2.75, 3.05) is 6.61 Å². The molecule has 0 fully saturated rings. The van der Waals surface area contributed by atoms with Gasteiger partial charge in [0.05, 0.1) is 19.4 Å². The van der Waals surface area contributed by atoms with Crippen molar-refractivity contribution >= 4 is 23.2 Å². The van der Waals surface area contributed by atoms with Crippen molar-refractivity contribution in [2.45, 2.75) is 32.7 Å². The van der Waals surface area contributed by atoms with Gasteiger partial charge in [0, 0.05) is 11.2 Å². The second-order valence-electron chi connectivity index (χ2n) is 4.89. The van der Waals surface area contributed by atoms with Crippen LogP contribution in [-0.2, 0) is 11.3 Å². The van der Waals surface area contributed by atoms with E-state index in [1.165, 1.54) is 12.8 Å². The highest BCUT2D eigenvalue weighted by Gasteiger charge is 2.13. The molecule has 0 saturated carbocycles. The Labute approximate surface area is 136 Å². The van der Waals surface area contributed by atoms with Gasteiger partial charge in [0.15, 0.2) is 5.76 Å². The first kappa shape index (κ1) is 16.1. The summed E-state index contributed by atoms with van der Waals surface area (Å²) in [5.41, 5.74) is 4.18. The first-order valence-electron chi connectivity index (χ1n) is 7.17. The summed E-state index contributed by atoms with van der Waals surface area (Å²) >= 11 is 12.4. The molecule has 1 aliphatic rings. The Kier molecular flexibility index (Phi) is 6.27. The Morgan fingerprint density at radius 2 is 2.00 bits per heavy atom. The molecule has 1 aromatic carbocycles. The molecule has 2 rings (SSSR count). The van der Waals surface area contributed by atoms with Gasteiger partial charge in [-0.1, -0.05) is 61.2 Å². The first-order chi connectivity index (χ1) is 10.2. The minimum absolute atomic E-state index is 0.595. The Hall–Kier alpha value is -1.32. The van der Waals surface area contributed by atoms with Gasteiger partial charge in [0.1, 0.15) is 5.03 Å². The normalized spacial score (nSPS) is 14.3. The van der Waals surface area contributed by atoms with E-state index in [9.17, 15) is 0 Å². The molecule has 0 bridgehead atoms. The summed E-state index contributed by atoms with van der Waals surface area (Å²) in [4.78, 5) is 0. The van der Waals surface area contributed by atoms with Gasteiger partial charge in [-0.15, -0.1) is 0 Å². The average Bonchev–Trinajstić information content (AvgIpc) is 2.48. The van der Waals surface area contributed by atoms with Crippen molar-refractivity contribution in [1.82, 2.24) is 10.4 Å². The van der Waals surface area contributed by atoms with Gasteiger partial charge in [-0.05, 0) is 18.1 Å². The third kappa shape index (κ3) is 4.87. The lowest BCUT2D eigenvalue weighted by Crippen LogP contribution is -2.32. The SMILES string of the molecule is CCCCCOC1=CNN(Cc2ccccc2Cl)C=C1Cl. The topological polar surface area (TPSA) is 24.5 Å². The summed E-state index contributed by atoms with van der Waals surface area (Å²) in [5, 5.41) is 3.22. The van der Waals surface area contributed by atoms with E-state index in [1.807, 2.05) is 35.5 Å². The van der Waals surface area contributed by atoms with Gasteiger partial charge in [-0.3, -0.25) is 5.01 Å². The van der Waals surface area contributed by atoms with Crippen LogP contribution in [-0.4, -0.2) is 11.6 Å². The van der Waals surface area contributed by atoms with E-state index in [2.05, 4.69) is 12.3 Å². The fourth-order valence-corrected chi connectivity index (χ4v) is 2.42. The molecule has 0 aromatic heterocycles. The van der Waals surface area contributed by atoms with Crippen LogP contribution in [0.5, 0.6) is 0 Å². The quantitative estimate of drug-likeness (QED) is 0.729. The second kappa shape index (κ2) is 8.20. The smallest absolute Gasteiger partial charge is 0.156 e. The number of nitrogens with one attached hydrogen (secondary N) is 1. The molecule has 0 atom stereocenters. The van der Waals surface area contributed by atoms with Gasteiger partial charge >= 0.3 is 0 Å². The standard InChI is InChI=1S/C16H20Cl2N2O/c1-2-3-6-9-21-16-10-19-20(12-15(16)18)11-13-7-4-5-8-14(13)17/h4-5,7-8,10,12,19H,2-3,6,9,11H2,1H3. The molecule has 114 valence electrons. The Bertz CT molecular complexity index is 529. The van der Waals surface area contributed by atoms with Gasteiger partial charge in [-0.2, -0.15) is 0 Å². The highest BCUT2D eigenvalue weighted by Crippen LogP contribution is 2.22. The van der Waals surface area contributed by atoms with E-state index >= 15 is 0 Å². The van der Waals surface area contributed by atoms with Crippen molar-refractivity contribution < 1.29 is 4.74 Å². The lowest BCUT2D eigenvalue weighted by atomic mass is 10.2. The number of unbranched alkanes of at least 4 members (excludes halogenated alkanes) is 2. The van der Waals surface area contributed by atoms with Crippen LogP contribution in [0.25, 0.3) is 0 Å². The maximum absolute atomic E-state index is 6.25. The molecule has 0 spiro atoms. The van der Waals surface area contributed by atoms with Crippen LogP contribution in [0.3, 0.4) is 0 Å². The van der Waals surface area contributed by atoms with Gasteiger partial charge < -0.3 is 10.2 Å². The van der Waals surface area contributed by atoms with E-state index in [0.717, 1.165) is 17.0 Å². The number of hydrogen-bond donors (Lipinski definition) is 1. The number of rotatable bonds is 7. The third-order valence-corrected chi connectivity index (χ3v) is 3.82. The molecule has 21 heavy (non-hydrogen) atoms. The lowest BCUT2D eigenvalue weighted by Gasteiger charge is -2.26. The van der Waals surface area contributed by atoms with E-state index in [1.54, 1.807) is 6.20 Å². The first-order valence-corrected chi connectivity index (χ1v) is 7.93. The zero-order valence-electron chi connectivity index (χ0n) is 12.1. The summed E-state index contributed by atoms with van der Waals surface area (Å²) in [6.45, 7) is 3.49. The van der Waals surface area contributed by atoms with Gasteiger partial charge in [0.2, 0.25) is 0 Å². The zero-order valence-corrected chi connectivity index (χ0v) is 13.6. The number of nitrogens with zero attached hydrogens (tertiary/aromatic N) is 1. The average molecular weight is 327 g/mol. The van der Waals surface area contributed by atoms with Crippen LogP contribution in [0.4, 0.5) is 0 Å². The minimum atomic E-state index is 0.595. The number of benzene rings is 1. The molecule has 1 N–H and O–H groups in total. The van der Waals surface area contributed by atoms with Crippen LogP contribution >= 0.6 is 23.2 Å². The van der Waals surface area contributed by atoms with Crippen LogP contribution in [0.15, 0.2) is 47.5 Å². The van der Waals surface area contributed by atoms with Crippen molar-refractivity contribution in [2.24, 2.45) is 0 Å². The number of hydrazine groups is 1. The van der Waals surface area contributed by atoms with Crippen LogP contribution in [0, 0.1) is 0 Å². The molecular weight excluding hydrogens is 307 g/mol. The second-order valence-corrected chi connectivity index (χ2v) is 5.70. The summed E-state index contributed by atoms with van der Waals surface area (Å²) in [6.07, 6.45) is 6.99. The molecule has 0 amide bonds. The number of halogens is 2. The van der Waals surface area contributed by atoms with E-state index < -0.39 is 0 Å². The summed E-state index contributed by atoms with van der Waals surface area (Å²) in [5.74, 6) is 0.683. The van der Waals surface area contributed by atoms with E-state index in [0.29, 0.717) is 23.9 Å². The summed E-state index contributed by atoms with van der Waals surface area (Å²) < 4.78 is 5.67. The largest absolute Gasteiger partial charge is 0.490 e. The number of hydrogen-bond acceptors (Lipinski definition) is 3. The molecule has 0 saturated heterocycles. The van der Waals surface area contributed by atoms with Crippen molar-refractivity contribution in [1.29, 1.82) is 0 Å². The van der Waals surface area contributed by atoms with Crippen LogP contribution in [0.1, 0.15) is 31.7 Å². The van der Waals surface area contributed by atoms with Gasteiger partial charge in [0.25, 0.3) is 0 Å². The number of ether oxygens (including phenoxy) is 1. The van der Waals surface area contributed by atoms with Crippen LogP contribution < -0.4 is 5.43 Å². The molecule has 1 aliphatic heterocycles.